The van der Waals surface area contributed by atoms with E-state index in [1.54, 1.807) is 0 Å². The Bertz CT molecular complexity index is 730. The molecule has 0 saturated carbocycles. The number of nitro groups is 1. The molecule has 1 aromatic rings. The van der Waals surface area contributed by atoms with E-state index in [4.69, 9.17) is 5.73 Å². The minimum absolute atomic E-state index is 0.0128. The van der Waals surface area contributed by atoms with Gasteiger partial charge in [-0.1, -0.05) is 12.1 Å². The third-order valence-electron chi connectivity index (χ3n) is 2.72. The number of carbonyl (C=O) groups excluding carboxylic acids is 3. The van der Waals surface area contributed by atoms with Crippen LogP contribution in [-0.2, 0) is 9.59 Å². The molecule has 1 aliphatic heterocycles. The summed E-state index contributed by atoms with van der Waals surface area (Å²) in [6.45, 7) is -0.553. The van der Waals surface area contributed by atoms with Crippen molar-refractivity contribution >= 4 is 40.6 Å². The van der Waals surface area contributed by atoms with Crippen LogP contribution in [0.4, 0.5) is 10.5 Å². The van der Waals surface area contributed by atoms with Crippen molar-refractivity contribution in [3.05, 3.63) is 38.8 Å². The molecule has 1 aromatic carbocycles. The van der Waals surface area contributed by atoms with Crippen LogP contribution < -0.4 is 5.73 Å². The Labute approximate surface area is 127 Å². The van der Waals surface area contributed by atoms with Gasteiger partial charge in [0.05, 0.1) is 9.83 Å². The SMILES string of the molecule is NC(=O)CN1C(=O)S/C(=C\c2cccc([N+](=O)[O-])c2O)C1=O. The lowest BCUT2D eigenvalue weighted by Crippen LogP contribution is -2.36. The number of aromatic hydroxyl groups is 1. The van der Waals surface area contributed by atoms with Crippen LogP contribution in [0.2, 0.25) is 0 Å². The minimum atomic E-state index is -0.846. The van der Waals surface area contributed by atoms with Gasteiger partial charge in [0.2, 0.25) is 11.7 Å². The van der Waals surface area contributed by atoms with Gasteiger partial charge in [0.1, 0.15) is 6.54 Å². The smallest absolute Gasteiger partial charge is 0.311 e. The van der Waals surface area contributed by atoms with E-state index >= 15 is 0 Å². The molecule has 0 bridgehead atoms. The van der Waals surface area contributed by atoms with E-state index in [0.29, 0.717) is 16.7 Å². The van der Waals surface area contributed by atoms with Gasteiger partial charge in [-0.15, -0.1) is 0 Å². The van der Waals surface area contributed by atoms with E-state index in [2.05, 4.69) is 0 Å². The molecule has 114 valence electrons. The first kappa shape index (κ1) is 15.5. The molecule has 0 aliphatic carbocycles. The Hall–Kier alpha value is -2.88. The first-order valence-corrected chi connectivity index (χ1v) is 6.63. The molecule has 3 N–H and O–H groups in total. The van der Waals surface area contributed by atoms with E-state index in [-0.39, 0.29) is 10.5 Å². The highest BCUT2D eigenvalue weighted by Gasteiger charge is 2.36. The lowest BCUT2D eigenvalue weighted by Gasteiger charge is -2.08. The van der Waals surface area contributed by atoms with Gasteiger partial charge in [-0.05, 0) is 17.8 Å². The van der Waals surface area contributed by atoms with Gasteiger partial charge in [0, 0.05) is 11.6 Å². The number of thioether (sulfide) groups is 1. The minimum Gasteiger partial charge on any atom is -0.502 e. The van der Waals surface area contributed by atoms with Gasteiger partial charge in [-0.25, -0.2) is 0 Å². The Morgan fingerprint density at radius 3 is 2.73 bits per heavy atom. The number of nitro benzene ring substituents is 1. The zero-order valence-corrected chi connectivity index (χ0v) is 11.7. The molecule has 1 aliphatic rings. The van der Waals surface area contributed by atoms with Crippen LogP contribution in [0, 0.1) is 10.1 Å². The molecule has 2 rings (SSSR count). The maximum atomic E-state index is 12.0. The number of hydrogen-bond donors (Lipinski definition) is 2. The molecule has 3 amide bonds. The number of phenolic OH excluding ortho intramolecular Hbond substituents is 1. The molecule has 0 radical (unpaired) electrons. The number of nitrogens with zero attached hydrogens (tertiary/aromatic N) is 2. The fraction of sp³-hybridized carbons (Fsp3) is 0.0833. The Balaban J connectivity index is 2.37. The quantitative estimate of drug-likeness (QED) is 0.474. The van der Waals surface area contributed by atoms with Crippen LogP contribution in [-0.4, -0.2) is 38.5 Å². The number of hydrogen-bond acceptors (Lipinski definition) is 7. The van der Waals surface area contributed by atoms with Crippen molar-refractivity contribution in [3.8, 4) is 5.75 Å². The Morgan fingerprint density at radius 1 is 1.45 bits per heavy atom. The van der Waals surface area contributed by atoms with Gasteiger partial charge < -0.3 is 10.8 Å². The van der Waals surface area contributed by atoms with Gasteiger partial charge in [0.15, 0.2) is 0 Å². The first-order chi connectivity index (χ1) is 10.3. The van der Waals surface area contributed by atoms with E-state index in [1.165, 1.54) is 12.1 Å². The predicted octanol–water partition coefficient (Wildman–Crippen LogP) is 0.822. The second-order valence-electron chi connectivity index (χ2n) is 4.21. The normalized spacial score (nSPS) is 16.4. The molecule has 0 atom stereocenters. The zero-order valence-electron chi connectivity index (χ0n) is 10.9. The van der Waals surface area contributed by atoms with Crippen LogP contribution in [0.15, 0.2) is 23.1 Å². The fourth-order valence-electron chi connectivity index (χ4n) is 1.75. The molecule has 0 aromatic heterocycles. The van der Waals surface area contributed by atoms with Gasteiger partial charge in [-0.3, -0.25) is 29.4 Å². The second kappa shape index (κ2) is 5.85. The topological polar surface area (TPSA) is 144 Å². The highest BCUT2D eigenvalue weighted by atomic mass is 32.2. The molecule has 1 fully saturated rings. The van der Waals surface area contributed by atoms with Crippen LogP contribution in [0.1, 0.15) is 5.56 Å². The lowest BCUT2D eigenvalue weighted by molar-refractivity contribution is -0.385. The number of primary amides is 1. The molecule has 0 unspecified atom stereocenters. The molecule has 9 nitrogen and oxygen atoms in total. The number of para-hydroxylation sites is 1. The van der Waals surface area contributed by atoms with E-state index in [9.17, 15) is 29.6 Å². The average Bonchev–Trinajstić information content (AvgIpc) is 2.68. The third-order valence-corrected chi connectivity index (χ3v) is 3.62. The second-order valence-corrected chi connectivity index (χ2v) is 5.20. The highest BCUT2D eigenvalue weighted by Crippen LogP contribution is 2.36. The van der Waals surface area contributed by atoms with E-state index in [0.717, 1.165) is 12.1 Å². The van der Waals surface area contributed by atoms with Crippen molar-refractivity contribution in [2.45, 2.75) is 0 Å². The Kier molecular flexibility index (Phi) is 4.13. The number of carbonyl (C=O) groups is 3. The average molecular weight is 323 g/mol. The van der Waals surface area contributed by atoms with Gasteiger partial charge >= 0.3 is 5.69 Å². The number of amides is 3. The van der Waals surface area contributed by atoms with Crippen molar-refractivity contribution in [3.63, 3.8) is 0 Å². The lowest BCUT2D eigenvalue weighted by atomic mass is 10.1. The Morgan fingerprint density at radius 2 is 2.14 bits per heavy atom. The number of phenols is 1. The summed E-state index contributed by atoms with van der Waals surface area (Å²) in [6, 6.07) is 3.78. The maximum Gasteiger partial charge on any atom is 0.311 e. The fourth-order valence-corrected chi connectivity index (χ4v) is 2.58. The van der Waals surface area contributed by atoms with Crippen LogP contribution in [0.3, 0.4) is 0 Å². The summed E-state index contributed by atoms with van der Waals surface area (Å²) < 4.78 is 0. The molecule has 22 heavy (non-hydrogen) atoms. The maximum absolute atomic E-state index is 12.0. The summed E-state index contributed by atoms with van der Waals surface area (Å²) >= 11 is 0.551. The zero-order chi connectivity index (χ0) is 16.4. The summed E-state index contributed by atoms with van der Waals surface area (Å²) in [5, 5.41) is 19.9. The summed E-state index contributed by atoms with van der Waals surface area (Å²) in [6.07, 6.45) is 1.15. The van der Waals surface area contributed by atoms with E-state index in [1.807, 2.05) is 0 Å². The monoisotopic (exact) mass is 323 g/mol. The number of nitrogens with two attached hydrogens (primary N) is 1. The van der Waals surface area contributed by atoms with Crippen molar-refractivity contribution in [1.29, 1.82) is 0 Å². The van der Waals surface area contributed by atoms with E-state index < -0.39 is 40.0 Å². The molecule has 1 heterocycles. The standard InChI is InChI=1S/C12H9N3O6S/c13-9(16)5-14-11(18)8(22-12(14)19)4-6-2-1-3-7(10(6)17)15(20)21/h1-4,17H,5H2,(H2,13,16)/b8-4-. The van der Waals surface area contributed by atoms with Crippen molar-refractivity contribution in [2.75, 3.05) is 6.54 Å². The molecule has 1 saturated heterocycles. The molecular formula is C12H9N3O6S. The number of benzene rings is 1. The predicted molar refractivity (Wildman–Crippen MR) is 76.6 cm³/mol. The van der Waals surface area contributed by atoms with Crippen molar-refractivity contribution < 1.29 is 24.4 Å². The summed E-state index contributed by atoms with van der Waals surface area (Å²) in [4.78, 5) is 45.0. The molecule has 10 heteroatoms. The largest absolute Gasteiger partial charge is 0.502 e. The first-order valence-electron chi connectivity index (χ1n) is 5.81. The summed E-state index contributed by atoms with van der Waals surface area (Å²) in [7, 11) is 0. The van der Waals surface area contributed by atoms with Crippen LogP contribution in [0.25, 0.3) is 6.08 Å². The van der Waals surface area contributed by atoms with Crippen molar-refractivity contribution in [2.24, 2.45) is 5.73 Å². The molecular weight excluding hydrogens is 314 g/mol. The highest BCUT2D eigenvalue weighted by molar-refractivity contribution is 8.18. The third kappa shape index (κ3) is 2.91. The summed E-state index contributed by atoms with van der Waals surface area (Å²) in [5.41, 5.74) is 4.43. The van der Waals surface area contributed by atoms with Gasteiger partial charge in [0.25, 0.3) is 11.1 Å². The molecule has 0 spiro atoms. The van der Waals surface area contributed by atoms with Crippen molar-refractivity contribution in [1.82, 2.24) is 4.90 Å². The number of rotatable bonds is 4. The number of imide groups is 1. The van der Waals surface area contributed by atoms with Crippen LogP contribution >= 0.6 is 11.8 Å². The van der Waals surface area contributed by atoms with Gasteiger partial charge in [-0.2, -0.15) is 0 Å². The van der Waals surface area contributed by atoms with Crippen LogP contribution in [0.5, 0.6) is 5.75 Å². The summed E-state index contributed by atoms with van der Waals surface area (Å²) in [5.74, 6) is -2.21.